The number of pyridine rings is 1. The third-order valence-electron chi connectivity index (χ3n) is 15.2. The van der Waals surface area contributed by atoms with Crippen LogP contribution in [0.5, 0.6) is 23.0 Å². The fraction of sp³-hybridized carbons (Fsp3) is 0.270. The van der Waals surface area contributed by atoms with Gasteiger partial charge in [-0.3, -0.25) is 0 Å². The summed E-state index contributed by atoms with van der Waals surface area (Å²) in [5.74, 6) is 2.32. The molecule has 0 fully saturated rings. The van der Waals surface area contributed by atoms with Crippen molar-refractivity contribution in [2.45, 2.75) is 131 Å². The standard InChI is InChI=1S/C74H75N4O2.Pt/c1-70(2,3)50-36-49(37-51(38-50)71(4,5)6)63-43-54(74(13,14)15)42-62(48-24-17-16-18-25-48)69(63)80-59-34-35-75-68(46-59)78-64-29-20-19-28-60(64)61-33-32-58(45-67(61)78)79-57-27-23-26-55(44-57)76-47-77(66-31-22-21-30-65(66)76)56-40-52(72(7,8)9)39-53(41-56)73(10,11)12;/h16-43,46-47H,1-15H3;/q-3;/i16D,17D,18D,24D,25D;. The Morgan fingerprint density at radius 1 is 0.481 bits per heavy atom. The van der Waals surface area contributed by atoms with E-state index in [0.29, 0.717) is 34.4 Å². The maximum atomic E-state index is 9.35. The third-order valence-corrected chi connectivity index (χ3v) is 15.2. The van der Waals surface area contributed by atoms with Gasteiger partial charge in [-0.25, -0.2) is 4.98 Å². The van der Waals surface area contributed by atoms with Crippen LogP contribution in [0.2, 0.25) is 0 Å². The Bertz CT molecular complexity index is 4190. The van der Waals surface area contributed by atoms with Crippen molar-refractivity contribution in [2.75, 3.05) is 9.80 Å². The number of fused-ring (bicyclic) bond motifs is 4. The number of aromatic nitrogens is 2. The van der Waals surface area contributed by atoms with Gasteiger partial charge < -0.3 is 23.8 Å². The number of ether oxygens (including phenoxy) is 2. The molecule has 11 rings (SSSR count). The molecule has 8 aromatic carbocycles. The second-order valence-corrected chi connectivity index (χ2v) is 26.5. The van der Waals surface area contributed by atoms with Crippen LogP contribution in [0.3, 0.4) is 0 Å². The first-order valence-electron chi connectivity index (χ1n) is 30.3. The molecule has 0 spiro atoms. The molecule has 1 aliphatic heterocycles. The number of anilines is 4. The summed E-state index contributed by atoms with van der Waals surface area (Å²) in [6.07, 6.45) is 1.71. The Hall–Kier alpha value is -7.40. The van der Waals surface area contributed by atoms with Gasteiger partial charge in [0.1, 0.15) is 17.3 Å². The van der Waals surface area contributed by atoms with Crippen LogP contribution < -0.4 is 19.3 Å². The minimum atomic E-state index is -0.463. The first-order valence-corrected chi connectivity index (χ1v) is 27.8. The zero-order valence-corrected chi connectivity index (χ0v) is 51.6. The van der Waals surface area contributed by atoms with Gasteiger partial charge in [-0.05, 0) is 120 Å². The van der Waals surface area contributed by atoms with Gasteiger partial charge in [-0.1, -0.05) is 194 Å². The molecule has 0 bridgehead atoms. The van der Waals surface area contributed by atoms with Crippen molar-refractivity contribution in [3.63, 3.8) is 0 Å². The van der Waals surface area contributed by atoms with Crippen LogP contribution in [-0.4, -0.2) is 9.55 Å². The number of hydrogen-bond acceptors (Lipinski definition) is 5. The first-order chi connectivity index (χ1) is 39.8. The molecule has 0 amide bonds. The monoisotopic (exact) mass is 1250 g/mol. The van der Waals surface area contributed by atoms with E-state index in [1.165, 1.54) is 11.1 Å². The van der Waals surface area contributed by atoms with Crippen LogP contribution in [0.25, 0.3) is 49.9 Å². The molecule has 7 heteroatoms. The van der Waals surface area contributed by atoms with Gasteiger partial charge in [-0.15, -0.1) is 48.1 Å². The van der Waals surface area contributed by atoms with Crippen LogP contribution in [0.1, 0.15) is 139 Å². The molecule has 0 saturated heterocycles. The molecule has 3 heterocycles. The van der Waals surface area contributed by atoms with Crippen molar-refractivity contribution >= 4 is 44.6 Å². The summed E-state index contributed by atoms with van der Waals surface area (Å²) in [5.41, 5.74) is 12.4. The van der Waals surface area contributed by atoms with Crippen LogP contribution in [-0.2, 0) is 48.1 Å². The van der Waals surface area contributed by atoms with Crippen molar-refractivity contribution in [2.24, 2.45) is 0 Å². The molecule has 0 saturated carbocycles. The molecule has 416 valence electrons. The van der Waals surface area contributed by atoms with E-state index < -0.39 is 23.5 Å². The van der Waals surface area contributed by atoms with E-state index in [-0.39, 0.29) is 60.4 Å². The van der Waals surface area contributed by atoms with Gasteiger partial charge in [0.05, 0.1) is 6.85 Å². The van der Waals surface area contributed by atoms with Gasteiger partial charge in [0, 0.05) is 78.5 Å². The van der Waals surface area contributed by atoms with Crippen molar-refractivity contribution in [1.82, 2.24) is 9.55 Å². The Balaban J connectivity index is 0.00000820. The van der Waals surface area contributed by atoms with E-state index in [2.05, 4.69) is 222 Å². The van der Waals surface area contributed by atoms with Crippen molar-refractivity contribution < 1.29 is 37.4 Å². The Morgan fingerprint density at radius 2 is 1.02 bits per heavy atom. The van der Waals surface area contributed by atoms with Crippen LogP contribution >= 0.6 is 0 Å². The topological polar surface area (TPSA) is 42.8 Å². The zero-order chi connectivity index (χ0) is 61.0. The predicted octanol–water partition coefficient (Wildman–Crippen LogP) is 20.6. The Labute approximate surface area is 503 Å². The molecule has 0 aliphatic carbocycles. The summed E-state index contributed by atoms with van der Waals surface area (Å²) < 4.78 is 61.0. The number of benzene rings is 8. The molecule has 0 N–H and O–H groups in total. The molecule has 2 aromatic heterocycles. The van der Waals surface area contributed by atoms with E-state index in [1.807, 2.05) is 48.5 Å². The van der Waals surface area contributed by atoms with E-state index in [1.54, 1.807) is 12.3 Å². The zero-order valence-electron chi connectivity index (χ0n) is 54.4. The number of rotatable bonds is 9. The average Bonchev–Trinajstić information content (AvgIpc) is 1.22. The smallest absolute Gasteiger partial charge is 0.143 e. The largest absolute Gasteiger partial charge is 0.509 e. The SMILES string of the molecule is [2H]c1c([2H])c([2H])c(-c2cc(C(C)(C)C)cc(-c3cc(C(C)(C)C)cc(C(C)(C)C)c3)c2Oc2ccnc(-n3c4[c-]c(Oc5[c-]c(N6[CH-]N(c7cc(C(C)(C)C)cc(C(C)(C)C)c7)c7ccccc76)ccc5)ccc4c4ccccc43)c2)c([2H])c1[2H].[Pt]. The van der Waals surface area contributed by atoms with Gasteiger partial charge in [0.15, 0.2) is 0 Å². The van der Waals surface area contributed by atoms with E-state index in [9.17, 15) is 2.74 Å². The van der Waals surface area contributed by atoms with Gasteiger partial charge in [0.25, 0.3) is 0 Å². The summed E-state index contributed by atoms with van der Waals surface area (Å²) in [6.45, 7) is 35.3. The normalized spacial score (nSPS) is 14.0. The fourth-order valence-corrected chi connectivity index (χ4v) is 10.4. The summed E-state index contributed by atoms with van der Waals surface area (Å²) in [7, 11) is 0. The van der Waals surface area contributed by atoms with E-state index in [0.717, 1.165) is 72.4 Å². The second kappa shape index (κ2) is 21.2. The minimum Gasteiger partial charge on any atom is -0.509 e. The van der Waals surface area contributed by atoms with Crippen molar-refractivity contribution in [3.8, 4) is 51.1 Å². The predicted molar refractivity (Wildman–Crippen MR) is 335 cm³/mol. The van der Waals surface area contributed by atoms with Crippen molar-refractivity contribution in [1.29, 1.82) is 0 Å². The molecule has 0 radical (unpaired) electrons. The van der Waals surface area contributed by atoms with Crippen LogP contribution in [0.15, 0.2) is 176 Å². The summed E-state index contributed by atoms with van der Waals surface area (Å²) in [5, 5.41) is 1.94. The molecule has 6 nitrogen and oxygen atoms in total. The van der Waals surface area contributed by atoms with Crippen molar-refractivity contribution in [3.05, 3.63) is 223 Å². The average molecular weight is 1250 g/mol. The molecular formula is C74H75N4O2Pt-3. The fourth-order valence-electron chi connectivity index (χ4n) is 10.4. The van der Waals surface area contributed by atoms with Gasteiger partial charge >= 0.3 is 0 Å². The molecule has 1 aliphatic rings. The maximum absolute atomic E-state index is 9.35. The van der Waals surface area contributed by atoms with E-state index in [4.69, 9.17) is 18.6 Å². The Kier molecular flexibility index (Phi) is 13.2. The van der Waals surface area contributed by atoms with Crippen LogP contribution in [0.4, 0.5) is 22.7 Å². The molecule has 0 atom stereocenters. The second-order valence-electron chi connectivity index (χ2n) is 26.5. The number of para-hydroxylation sites is 3. The van der Waals surface area contributed by atoms with E-state index >= 15 is 0 Å². The summed E-state index contributed by atoms with van der Waals surface area (Å²) in [4.78, 5) is 9.42. The molecule has 10 aromatic rings. The molecular weight excluding hydrogens is 1170 g/mol. The summed E-state index contributed by atoms with van der Waals surface area (Å²) >= 11 is 0. The van der Waals surface area contributed by atoms with Crippen LogP contribution in [0, 0.1) is 18.8 Å². The molecule has 0 unspecified atom stereocenters. The number of hydrogen-bond donors (Lipinski definition) is 0. The number of nitrogens with zero attached hydrogens (tertiary/aromatic N) is 4. The van der Waals surface area contributed by atoms with Gasteiger partial charge in [0.2, 0.25) is 0 Å². The molecule has 81 heavy (non-hydrogen) atoms. The third kappa shape index (κ3) is 11.5. The minimum absolute atomic E-state index is 0. The quantitative estimate of drug-likeness (QED) is 0.135. The first kappa shape index (κ1) is 50.6. The Morgan fingerprint density at radius 3 is 1.64 bits per heavy atom. The van der Waals surface area contributed by atoms with Gasteiger partial charge in [-0.2, -0.15) is 12.1 Å². The maximum Gasteiger partial charge on any atom is 0.143 e. The summed E-state index contributed by atoms with van der Waals surface area (Å²) in [6, 6.07) is 53.2.